The van der Waals surface area contributed by atoms with Crippen LogP contribution in [0.2, 0.25) is 0 Å². The molecule has 3 aromatic carbocycles. The topological polar surface area (TPSA) is 80.7 Å². The number of hydrogen-bond acceptors (Lipinski definition) is 4. The Kier molecular flexibility index (Phi) is 5.83. The average molecular weight is 489 g/mol. The lowest BCUT2D eigenvalue weighted by atomic mass is 9.99. The summed E-state index contributed by atoms with van der Waals surface area (Å²) in [7, 11) is 0. The molecule has 5 rings (SSSR count). The van der Waals surface area contributed by atoms with Gasteiger partial charge in [0, 0.05) is 12.2 Å². The van der Waals surface area contributed by atoms with Crippen LogP contribution in [0.4, 0.5) is 14.9 Å². The number of carbonyl (C=O) groups excluding carboxylic acids is 1. The van der Waals surface area contributed by atoms with Crippen LogP contribution < -0.4 is 16.3 Å². The maximum Gasteiger partial charge on any atom is 0.447 e. The second-order valence-electron chi connectivity index (χ2n) is 9.15. The van der Waals surface area contributed by atoms with Crippen LogP contribution >= 0.6 is 0 Å². The van der Waals surface area contributed by atoms with E-state index >= 15 is 0 Å². The molecule has 1 unspecified atom stereocenters. The first-order valence-electron chi connectivity index (χ1n) is 11.6. The number of rotatable bonds is 6. The van der Waals surface area contributed by atoms with Crippen LogP contribution in [0.1, 0.15) is 25.6 Å². The molecule has 0 N–H and O–H groups in total. The van der Waals surface area contributed by atoms with Gasteiger partial charge in [0.1, 0.15) is 5.82 Å². The van der Waals surface area contributed by atoms with Crippen LogP contribution in [0.3, 0.4) is 0 Å². The molecule has 2 heterocycles. The third-order valence-corrected chi connectivity index (χ3v) is 6.58. The number of carbonyl (C=O) groups is 1. The van der Waals surface area contributed by atoms with Crippen molar-refractivity contribution in [2.45, 2.75) is 32.0 Å². The van der Waals surface area contributed by atoms with Gasteiger partial charge in [0.15, 0.2) is 6.17 Å². The highest BCUT2D eigenvalue weighted by molar-refractivity contribution is 5.95. The molecule has 1 atom stereocenters. The van der Waals surface area contributed by atoms with E-state index in [0.717, 1.165) is 9.31 Å². The lowest BCUT2D eigenvalue weighted by Crippen LogP contribution is -2.47. The Balaban J connectivity index is 1.61. The number of halogens is 1. The summed E-state index contributed by atoms with van der Waals surface area (Å²) in [6.07, 6.45) is -0.695. The molecule has 2 amide bonds. The predicted octanol–water partition coefficient (Wildman–Crippen LogP) is 4.19. The zero-order valence-electron chi connectivity index (χ0n) is 19.9. The van der Waals surface area contributed by atoms with E-state index < -0.39 is 23.2 Å². The lowest BCUT2D eigenvalue weighted by molar-refractivity contribution is 0.0974. The molecule has 4 aromatic rings. The highest BCUT2D eigenvalue weighted by Gasteiger charge is 2.55. The van der Waals surface area contributed by atoms with Crippen molar-refractivity contribution in [1.29, 1.82) is 0 Å². The number of amides is 2. The maximum atomic E-state index is 14.3. The first-order chi connectivity index (χ1) is 17.3. The van der Waals surface area contributed by atoms with Crippen molar-refractivity contribution >= 4 is 11.7 Å². The van der Waals surface area contributed by atoms with E-state index in [0.29, 0.717) is 16.9 Å². The Morgan fingerprint density at radius 1 is 0.833 bits per heavy atom. The third-order valence-electron chi connectivity index (χ3n) is 6.58. The molecule has 0 saturated carbocycles. The van der Waals surface area contributed by atoms with E-state index in [-0.39, 0.29) is 24.8 Å². The van der Waals surface area contributed by atoms with Gasteiger partial charge in [-0.15, -0.1) is 4.74 Å². The van der Waals surface area contributed by atoms with Gasteiger partial charge in [0.25, 0.3) is 0 Å². The molecule has 0 aliphatic carbocycles. The van der Waals surface area contributed by atoms with Crippen molar-refractivity contribution in [3.63, 3.8) is 0 Å². The van der Waals surface area contributed by atoms with Crippen molar-refractivity contribution in [2.24, 2.45) is 0 Å². The summed E-state index contributed by atoms with van der Waals surface area (Å²) in [5.41, 5.74) is -0.319. The van der Waals surface area contributed by atoms with E-state index in [1.807, 2.05) is 6.07 Å². The van der Waals surface area contributed by atoms with Gasteiger partial charge >= 0.3 is 17.5 Å². The van der Waals surface area contributed by atoms with Gasteiger partial charge in [-0.25, -0.2) is 18.8 Å². The summed E-state index contributed by atoms with van der Waals surface area (Å²) in [5, 5.41) is 0. The van der Waals surface area contributed by atoms with Crippen molar-refractivity contribution in [3.05, 3.63) is 117 Å². The number of anilines is 1. The lowest BCUT2D eigenvalue weighted by Gasteiger charge is -2.34. The van der Waals surface area contributed by atoms with Gasteiger partial charge in [0.05, 0.1) is 11.2 Å². The van der Waals surface area contributed by atoms with Gasteiger partial charge in [0.2, 0.25) is 0 Å². The average Bonchev–Trinajstić information content (AvgIpc) is 3.27. The molecular formula is C27H25FN4O4. The van der Waals surface area contributed by atoms with Crippen molar-refractivity contribution in [1.82, 2.24) is 14.2 Å². The van der Waals surface area contributed by atoms with E-state index in [9.17, 15) is 18.8 Å². The van der Waals surface area contributed by atoms with Gasteiger partial charge in [-0.1, -0.05) is 54.6 Å². The molecule has 1 saturated heterocycles. The van der Waals surface area contributed by atoms with E-state index in [2.05, 4.69) is 0 Å². The number of urea groups is 1. The van der Waals surface area contributed by atoms with Crippen LogP contribution in [0.5, 0.6) is 0 Å². The number of hydrogen-bond donors (Lipinski definition) is 0. The summed E-state index contributed by atoms with van der Waals surface area (Å²) in [5.74, 6) is -1.20. The molecule has 0 bridgehead atoms. The summed E-state index contributed by atoms with van der Waals surface area (Å²) in [4.78, 5) is 43.1. The molecule has 184 valence electrons. The normalized spacial score (nSPS) is 17.1. The maximum absolute atomic E-state index is 14.3. The van der Waals surface area contributed by atoms with Crippen LogP contribution in [0.25, 0.3) is 5.69 Å². The molecule has 8 nitrogen and oxygen atoms in total. The predicted molar refractivity (Wildman–Crippen MR) is 133 cm³/mol. The molecule has 0 radical (unpaired) electrons. The highest BCUT2D eigenvalue weighted by Crippen LogP contribution is 2.42. The van der Waals surface area contributed by atoms with Gasteiger partial charge in [-0.3, -0.25) is 4.90 Å². The van der Waals surface area contributed by atoms with Gasteiger partial charge in [-0.2, -0.15) is 4.57 Å². The molecular weight excluding hydrogens is 463 g/mol. The monoisotopic (exact) mass is 488 g/mol. The van der Waals surface area contributed by atoms with Crippen LogP contribution in [-0.4, -0.2) is 32.3 Å². The van der Waals surface area contributed by atoms with Crippen molar-refractivity contribution in [3.8, 4) is 5.69 Å². The number of aromatic nitrogens is 2. The second-order valence-corrected chi connectivity index (χ2v) is 9.15. The Labute approximate surface area is 206 Å². The minimum Gasteiger partial charge on any atom is -0.315 e. The second kappa shape index (κ2) is 8.99. The molecule has 1 aliphatic heterocycles. The Morgan fingerprint density at radius 3 is 2.06 bits per heavy atom. The van der Waals surface area contributed by atoms with E-state index in [4.69, 9.17) is 4.52 Å². The number of para-hydroxylation sites is 2. The fraction of sp³-hybridized carbons (Fsp3) is 0.222. The van der Waals surface area contributed by atoms with Crippen LogP contribution in [0, 0.1) is 5.82 Å². The molecule has 1 fully saturated rings. The molecule has 0 spiro atoms. The number of nitrogens with zero attached hydrogens (tertiary/aromatic N) is 4. The zero-order valence-corrected chi connectivity index (χ0v) is 19.9. The summed E-state index contributed by atoms with van der Waals surface area (Å²) in [6.45, 7) is 3.79. The van der Waals surface area contributed by atoms with Crippen molar-refractivity contribution < 1.29 is 13.7 Å². The van der Waals surface area contributed by atoms with E-state index in [1.165, 1.54) is 11.0 Å². The Hall–Kier alpha value is -4.40. The number of benzene rings is 3. The van der Waals surface area contributed by atoms with Gasteiger partial charge in [-0.05, 0) is 56.2 Å². The zero-order chi connectivity index (χ0) is 25.4. The molecule has 1 aliphatic rings. The fourth-order valence-electron chi connectivity index (χ4n) is 4.77. The molecule has 36 heavy (non-hydrogen) atoms. The summed E-state index contributed by atoms with van der Waals surface area (Å²) < 4.78 is 21.7. The standard InChI is InChI=1S/C27H25FN4O4/c1-27(2)23(32-25(34)31(26(35)36-32)21-14-7-4-8-15-21)30(20-12-5-3-6-13-20)24(33)29(27)18-17-19-11-9-10-16-22(19)28/h3-16,23H,17-18H2,1-2H3. The largest absolute Gasteiger partial charge is 0.447 e. The minimum atomic E-state index is -0.999. The molecule has 1 aromatic heterocycles. The first-order valence-corrected chi connectivity index (χ1v) is 11.6. The Morgan fingerprint density at radius 2 is 1.42 bits per heavy atom. The summed E-state index contributed by atoms with van der Waals surface area (Å²) >= 11 is 0. The molecule has 9 heteroatoms. The van der Waals surface area contributed by atoms with Crippen molar-refractivity contribution in [2.75, 3.05) is 11.4 Å². The fourth-order valence-corrected chi connectivity index (χ4v) is 4.77. The van der Waals surface area contributed by atoms with E-state index in [1.54, 1.807) is 91.5 Å². The quantitative estimate of drug-likeness (QED) is 0.408. The van der Waals surface area contributed by atoms with Crippen LogP contribution in [-0.2, 0) is 6.42 Å². The first kappa shape index (κ1) is 23.3. The Bertz CT molecular complexity index is 1510. The van der Waals surface area contributed by atoms with Crippen LogP contribution in [0.15, 0.2) is 99.0 Å². The SMILES string of the molecule is CC1(C)C(n2oc(=O)n(-c3ccccc3)c2=O)N(c2ccccc2)C(=O)N1CCc1ccccc1F. The highest BCUT2D eigenvalue weighted by atomic mass is 19.1. The minimum absolute atomic E-state index is 0.199. The summed E-state index contributed by atoms with van der Waals surface area (Å²) in [6, 6.07) is 23.4. The third kappa shape index (κ3) is 3.82. The smallest absolute Gasteiger partial charge is 0.315 e. The van der Waals surface area contributed by atoms with Gasteiger partial charge < -0.3 is 9.42 Å².